The standard InChI is InChI=1S/C16H15N5O2S.C13H14N2O4S/c1-4-12-19-13-11(23-3)6-5-10(14(13)24-12)16(22)20-15-9(7-17)8-18-21(15)2;1-18-9-3-2-8(12(16)17)11-10(9)14-13(20-11)15-4-6-19-7-5-15/h5-6,8H,4H2,1-3H3,(H,20,22);2-3H,4-7H2,1H3,(H,16,17). The van der Waals surface area contributed by atoms with Crippen LogP contribution in [0.5, 0.6) is 11.5 Å². The number of aromatic nitrogens is 4. The van der Waals surface area contributed by atoms with Crippen molar-refractivity contribution in [2.24, 2.45) is 7.05 Å². The highest BCUT2D eigenvalue weighted by Gasteiger charge is 2.22. The van der Waals surface area contributed by atoms with E-state index < -0.39 is 5.97 Å². The molecule has 0 bridgehead atoms. The van der Waals surface area contributed by atoms with Crippen molar-refractivity contribution in [2.75, 3.05) is 50.7 Å². The lowest BCUT2D eigenvalue weighted by Gasteiger charge is -2.25. The van der Waals surface area contributed by atoms with E-state index in [1.165, 1.54) is 33.6 Å². The first-order chi connectivity index (χ1) is 21.3. The van der Waals surface area contributed by atoms with Gasteiger partial charge in [-0.05, 0) is 30.7 Å². The Labute approximate surface area is 260 Å². The molecule has 228 valence electrons. The van der Waals surface area contributed by atoms with Gasteiger partial charge in [0.1, 0.15) is 40.0 Å². The van der Waals surface area contributed by atoms with Gasteiger partial charge in [-0.25, -0.2) is 14.8 Å². The number of benzene rings is 2. The van der Waals surface area contributed by atoms with Crippen molar-refractivity contribution in [2.45, 2.75) is 13.3 Å². The number of carbonyl (C=O) groups is 2. The average molecular weight is 636 g/mol. The summed E-state index contributed by atoms with van der Waals surface area (Å²) < 4.78 is 18.8. The first-order valence-electron chi connectivity index (χ1n) is 13.5. The number of nitrogens with zero attached hydrogens (tertiary/aromatic N) is 6. The molecule has 6 rings (SSSR count). The van der Waals surface area contributed by atoms with Crippen molar-refractivity contribution in [3.05, 3.63) is 52.2 Å². The fraction of sp³-hybridized carbons (Fsp3) is 0.310. The summed E-state index contributed by atoms with van der Waals surface area (Å²) in [5.41, 5.74) is 2.36. The van der Waals surface area contributed by atoms with Gasteiger partial charge in [-0.1, -0.05) is 18.3 Å². The highest BCUT2D eigenvalue weighted by atomic mass is 32.1. The van der Waals surface area contributed by atoms with Gasteiger partial charge in [0.05, 0.1) is 59.2 Å². The number of methoxy groups -OCH3 is 2. The van der Waals surface area contributed by atoms with Gasteiger partial charge in [0.15, 0.2) is 5.13 Å². The summed E-state index contributed by atoms with van der Waals surface area (Å²) in [6, 6.07) is 8.65. The number of thiazole rings is 2. The van der Waals surface area contributed by atoms with Gasteiger partial charge in [0.25, 0.3) is 5.91 Å². The summed E-state index contributed by atoms with van der Waals surface area (Å²) in [6.07, 6.45) is 2.20. The number of morpholine rings is 1. The Bertz CT molecular complexity index is 1880. The minimum atomic E-state index is -0.949. The molecule has 4 heterocycles. The van der Waals surface area contributed by atoms with Crippen molar-refractivity contribution in [1.29, 1.82) is 5.26 Å². The molecule has 0 saturated carbocycles. The quantitative estimate of drug-likeness (QED) is 0.257. The van der Waals surface area contributed by atoms with Crippen molar-refractivity contribution in [3.8, 4) is 17.6 Å². The molecule has 0 atom stereocenters. The Morgan fingerprint density at radius 3 is 2.30 bits per heavy atom. The molecule has 1 fully saturated rings. The first-order valence-corrected chi connectivity index (χ1v) is 15.2. The van der Waals surface area contributed by atoms with E-state index in [0.717, 1.165) is 34.3 Å². The molecule has 0 spiro atoms. The van der Waals surface area contributed by atoms with Gasteiger partial charge in [0, 0.05) is 20.1 Å². The maximum atomic E-state index is 12.7. The Hall–Kier alpha value is -4.78. The summed E-state index contributed by atoms with van der Waals surface area (Å²) in [4.78, 5) is 35.2. The van der Waals surface area contributed by atoms with Crippen LogP contribution in [0.25, 0.3) is 20.4 Å². The Kier molecular flexibility index (Phi) is 9.23. The van der Waals surface area contributed by atoms with Crippen LogP contribution in [0.1, 0.15) is 38.2 Å². The number of carbonyl (C=O) groups excluding carboxylic acids is 1. The molecule has 0 radical (unpaired) electrons. The van der Waals surface area contributed by atoms with Crippen LogP contribution in [0.4, 0.5) is 10.9 Å². The average Bonchev–Trinajstić information content (AvgIpc) is 3.78. The third-order valence-electron chi connectivity index (χ3n) is 6.84. The Balaban J connectivity index is 0.000000177. The minimum Gasteiger partial charge on any atom is -0.494 e. The van der Waals surface area contributed by atoms with Gasteiger partial charge < -0.3 is 29.5 Å². The number of rotatable bonds is 7. The van der Waals surface area contributed by atoms with Gasteiger partial charge in [0.2, 0.25) is 0 Å². The topological polar surface area (TPSA) is 165 Å². The molecule has 5 aromatic rings. The predicted octanol–water partition coefficient (Wildman–Crippen LogP) is 4.56. The van der Waals surface area contributed by atoms with Gasteiger partial charge in [-0.3, -0.25) is 9.48 Å². The molecule has 44 heavy (non-hydrogen) atoms. The molecule has 2 aromatic carbocycles. The zero-order valence-electron chi connectivity index (χ0n) is 24.4. The van der Waals surface area contributed by atoms with E-state index in [1.807, 2.05) is 13.0 Å². The third kappa shape index (κ3) is 6.00. The van der Waals surface area contributed by atoms with E-state index in [2.05, 4.69) is 25.3 Å². The molecule has 2 N–H and O–H groups in total. The van der Waals surface area contributed by atoms with E-state index in [9.17, 15) is 14.7 Å². The summed E-state index contributed by atoms with van der Waals surface area (Å²) in [6.45, 7) is 4.88. The number of fused-ring (bicyclic) bond motifs is 2. The van der Waals surface area contributed by atoms with E-state index in [1.54, 1.807) is 45.5 Å². The lowest BCUT2D eigenvalue weighted by Crippen LogP contribution is -2.36. The van der Waals surface area contributed by atoms with Crippen molar-refractivity contribution < 1.29 is 28.9 Å². The van der Waals surface area contributed by atoms with Gasteiger partial charge >= 0.3 is 5.97 Å². The highest BCUT2D eigenvalue weighted by molar-refractivity contribution is 7.22. The molecule has 13 nitrogen and oxygen atoms in total. The second-order valence-corrected chi connectivity index (χ2v) is 11.5. The zero-order valence-corrected chi connectivity index (χ0v) is 26.0. The number of aryl methyl sites for hydroxylation is 2. The molecule has 3 aromatic heterocycles. The molecule has 1 amide bonds. The number of carboxylic acids is 1. The number of carboxylic acid groups (broad SMARTS) is 1. The van der Waals surface area contributed by atoms with Crippen molar-refractivity contribution in [3.63, 3.8) is 0 Å². The van der Waals surface area contributed by atoms with Gasteiger partial charge in [-0.15, -0.1) is 11.3 Å². The molecular weight excluding hydrogens is 606 g/mol. The maximum absolute atomic E-state index is 12.7. The minimum absolute atomic E-state index is 0.262. The number of ether oxygens (including phenoxy) is 3. The maximum Gasteiger partial charge on any atom is 0.337 e. The SMILES string of the molecule is CCc1nc2c(OC)ccc(C(=O)Nc3c(C#N)cnn3C)c2s1.COc1ccc(C(=O)O)c2sc(N3CCOCC3)nc12. The fourth-order valence-corrected chi connectivity index (χ4v) is 6.73. The van der Waals surface area contributed by atoms with Crippen LogP contribution in [0.15, 0.2) is 30.5 Å². The van der Waals surface area contributed by atoms with Crippen LogP contribution in [-0.2, 0) is 18.2 Å². The second-order valence-electron chi connectivity index (χ2n) is 9.44. The third-order valence-corrected chi connectivity index (χ3v) is 9.22. The van der Waals surface area contributed by atoms with Crippen LogP contribution in [0, 0.1) is 11.3 Å². The summed E-state index contributed by atoms with van der Waals surface area (Å²) in [5.74, 6) is 0.340. The van der Waals surface area contributed by atoms with Crippen LogP contribution in [-0.4, -0.2) is 77.3 Å². The van der Waals surface area contributed by atoms with Crippen LogP contribution in [0.2, 0.25) is 0 Å². The number of hydrogen-bond donors (Lipinski definition) is 2. The molecule has 0 unspecified atom stereocenters. The molecular formula is C29H29N7O6S2. The van der Waals surface area contributed by atoms with E-state index >= 15 is 0 Å². The normalized spacial score (nSPS) is 12.8. The number of hydrogen-bond acceptors (Lipinski definition) is 12. The molecule has 1 aliphatic heterocycles. The molecule has 15 heteroatoms. The number of amides is 1. The largest absolute Gasteiger partial charge is 0.494 e. The monoisotopic (exact) mass is 635 g/mol. The van der Waals surface area contributed by atoms with Crippen LogP contribution < -0.4 is 19.7 Å². The number of nitriles is 1. The highest BCUT2D eigenvalue weighted by Crippen LogP contribution is 2.37. The molecule has 0 aliphatic carbocycles. The Morgan fingerprint density at radius 2 is 1.68 bits per heavy atom. The van der Waals surface area contributed by atoms with Crippen LogP contribution in [0.3, 0.4) is 0 Å². The molecule has 1 saturated heterocycles. The number of nitrogens with one attached hydrogen (secondary N) is 1. The van der Waals surface area contributed by atoms with E-state index in [0.29, 0.717) is 57.4 Å². The Morgan fingerprint density at radius 1 is 1.05 bits per heavy atom. The lowest BCUT2D eigenvalue weighted by atomic mass is 10.2. The number of aromatic carboxylic acids is 1. The predicted molar refractivity (Wildman–Crippen MR) is 168 cm³/mol. The summed E-state index contributed by atoms with van der Waals surface area (Å²) >= 11 is 2.86. The van der Waals surface area contributed by atoms with Crippen molar-refractivity contribution in [1.82, 2.24) is 19.7 Å². The van der Waals surface area contributed by atoms with E-state index in [4.69, 9.17) is 19.5 Å². The van der Waals surface area contributed by atoms with E-state index in [-0.39, 0.29) is 11.5 Å². The number of anilines is 2. The van der Waals surface area contributed by atoms with Crippen LogP contribution >= 0.6 is 22.7 Å². The smallest absolute Gasteiger partial charge is 0.337 e. The summed E-state index contributed by atoms with van der Waals surface area (Å²) in [5, 5.41) is 26.9. The van der Waals surface area contributed by atoms with Crippen molar-refractivity contribution >= 4 is 65.9 Å². The fourth-order valence-electron chi connectivity index (χ4n) is 4.56. The van der Waals surface area contributed by atoms with Gasteiger partial charge in [-0.2, -0.15) is 10.4 Å². The lowest BCUT2D eigenvalue weighted by molar-refractivity contribution is 0.0699. The molecule has 1 aliphatic rings. The summed E-state index contributed by atoms with van der Waals surface area (Å²) in [7, 11) is 4.80. The first kappa shape index (κ1) is 30.7. The zero-order chi connectivity index (χ0) is 31.4. The second kappa shape index (κ2) is 13.2.